The van der Waals surface area contributed by atoms with Crippen molar-refractivity contribution in [2.75, 3.05) is 39.9 Å². The van der Waals surface area contributed by atoms with Gasteiger partial charge in [0.05, 0.1) is 30.7 Å². The van der Waals surface area contributed by atoms with Gasteiger partial charge in [-0.15, -0.1) is 0 Å². The SMILES string of the molecule is COC[C@]1(O)CCCC[C@H]1n1cnc(C(=O)N2CCN(C(=O)OC(C)(C)C)C[C@H]2CCN2Cc3ccccc3C2)c1-c1ccccc1. The number of methoxy groups -OCH3 is 1. The van der Waals surface area contributed by atoms with E-state index in [-0.39, 0.29) is 30.7 Å². The van der Waals surface area contributed by atoms with E-state index < -0.39 is 11.2 Å². The number of piperazine rings is 1. The van der Waals surface area contributed by atoms with E-state index >= 15 is 0 Å². The van der Waals surface area contributed by atoms with Gasteiger partial charge in [0.15, 0.2) is 5.69 Å². The standard InChI is InChI=1S/C37H49N5O5/c1-36(2,3)47-35(44)40-20-21-41(30(24-40)17-19-39-22-28-14-8-9-15-29(28)23-39)34(43)32-33(27-12-6-5-7-13-27)42(26-38-32)31-16-10-11-18-37(31,45)25-46-4/h5-9,12-15,26,30-31,45H,10-11,16-25H2,1-4H3/t30-,31-,37-/m1/s1. The molecule has 2 fully saturated rings. The lowest BCUT2D eigenvalue weighted by atomic mass is 9.80. The second kappa shape index (κ2) is 13.8. The van der Waals surface area contributed by atoms with Gasteiger partial charge < -0.3 is 28.9 Å². The molecule has 3 heterocycles. The van der Waals surface area contributed by atoms with Crippen LogP contribution in [-0.2, 0) is 22.6 Å². The van der Waals surface area contributed by atoms with Gasteiger partial charge in [0.1, 0.15) is 11.2 Å². The Labute approximate surface area is 278 Å². The van der Waals surface area contributed by atoms with Gasteiger partial charge in [0, 0.05) is 51.9 Å². The minimum atomic E-state index is -1.06. The summed E-state index contributed by atoms with van der Waals surface area (Å²) in [7, 11) is 1.61. The molecule has 2 amide bonds. The molecule has 3 aliphatic rings. The van der Waals surface area contributed by atoms with E-state index in [4.69, 9.17) is 14.5 Å². The second-order valence-corrected chi connectivity index (χ2v) is 14.4. The van der Waals surface area contributed by atoms with Crippen LogP contribution in [0.4, 0.5) is 4.79 Å². The molecule has 1 saturated heterocycles. The first-order valence-electron chi connectivity index (χ1n) is 17.0. The van der Waals surface area contributed by atoms with Gasteiger partial charge in [-0.2, -0.15) is 0 Å². The van der Waals surface area contributed by atoms with Crippen LogP contribution < -0.4 is 0 Å². The van der Waals surface area contributed by atoms with E-state index in [9.17, 15) is 14.7 Å². The molecule has 3 atom stereocenters. The van der Waals surface area contributed by atoms with Crippen molar-refractivity contribution in [1.82, 2.24) is 24.3 Å². The van der Waals surface area contributed by atoms with E-state index in [2.05, 4.69) is 29.2 Å². The number of carbonyl (C=O) groups excluding carboxylic acids is 2. The summed E-state index contributed by atoms with van der Waals surface area (Å²) < 4.78 is 13.2. The quantitative estimate of drug-likeness (QED) is 0.346. The van der Waals surface area contributed by atoms with Gasteiger partial charge in [-0.3, -0.25) is 9.69 Å². The number of benzene rings is 2. The molecule has 1 aromatic heterocycles. The number of nitrogens with zero attached hydrogens (tertiary/aromatic N) is 5. The molecule has 3 aromatic rings. The summed E-state index contributed by atoms with van der Waals surface area (Å²) in [5.74, 6) is -0.160. The van der Waals surface area contributed by atoms with Crippen LogP contribution in [0, 0.1) is 0 Å². The first kappa shape index (κ1) is 33.2. The van der Waals surface area contributed by atoms with Crippen molar-refractivity contribution >= 4 is 12.0 Å². The number of fused-ring (bicyclic) bond motifs is 1. The zero-order valence-electron chi connectivity index (χ0n) is 28.2. The number of rotatable bonds is 8. The van der Waals surface area contributed by atoms with E-state index in [1.54, 1.807) is 18.3 Å². The summed E-state index contributed by atoms with van der Waals surface area (Å²) in [6.45, 7) is 9.50. The highest BCUT2D eigenvalue weighted by molar-refractivity contribution is 5.98. The summed E-state index contributed by atoms with van der Waals surface area (Å²) in [4.78, 5) is 38.7. The summed E-state index contributed by atoms with van der Waals surface area (Å²) in [6, 6.07) is 17.9. The molecule has 0 radical (unpaired) electrons. The number of hydrogen-bond acceptors (Lipinski definition) is 7. The molecule has 0 bridgehead atoms. The monoisotopic (exact) mass is 643 g/mol. The van der Waals surface area contributed by atoms with Crippen molar-refractivity contribution in [3.8, 4) is 11.3 Å². The smallest absolute Gasteiger partial charge is 0.410 e. The largest absolute Gasteiger partial charge is 0.444 e. The Kier molecular flexibility index (Phi) is 9.73. The van der Waals surface area contributed by atoms with Crippen LogP contribution in [0.15, 0.2) is 60.9 Å². The van der Waals surface area contributed by atoms with Gasteiger partial charge in [0.2, 0.25) is 0 Å². The highest BCUT2D eigenvalue weighted by Crippen LogP contribution is 2.41. The van der Waals surface area contributed by atoms with Crippen molar-refractivity contribution < 1.29 is 24.2 Å². The highest BCUT2D eigenvalue weighted by atomic mass is 16.6. The fraction of sp³-hybridized carbons (Fsp3) is 0.541. The van der Waals surface area contributed by atoms with Crippen molar-refractivity contribution in [2.45, 2.75) is 89.3 Å². The molecule has 0 unspecified atom stereocenters. The third-order valence-corrected chi connectivity index (χ3v) is 9.81. The zero-order chi connectivity index (χ0) is 33.2. The van der Waals surface area contributed by atoms with Crippen LogP contribution in [-0.4, -0.2) is 98.5 Å². The fourth-order valence-electron chi connectivity index (χ4n) is 7.55. The Morgan fingerprint density at radius 2 is 1.70 bits per heavy atom. The van der Waals surface area contributed by atoms with Crippen LogP contribution in [0.5, 0.6) is 0 Å². The zero-order valence-corrected chi connectivity index (χ0v) is 28.2. The first-order chi connectivity index (χ1) is 22.6. The summed E-state index contributed by atoms with van der Waals surface area (Å²) in [5, 5.41) is 11.8. The summed E-state index contributed by atoms with van der Waals surface area (Å²) in [6.07, 6.45) is 5.35. The predicted molar refractivity (Wildman–Crippen MR) is 180 cm³/mol. The molecule has 2 aliphatic heterocycles. The maximum Gasteiger partial charge on any atom is 0.410 e. The van der Waals surface area contributed by atoms with E-state index in [1.807, 2.05) is 60.6 Å². The van der Waals surface area contributed by atoms with Crippen molar-refractivity contribution in [3.05, 3.63) is 77.7 Å². The Bertz CT molecular complexity index is 1520. The van der Waals surface area contributed by atoms with Crippen molar-refractivity contribution in [3.63, 3.8) is 0 Å². The Morgan fingerprint density at radius 1 is 1.00 bits per heavy atom. The van der Waals surface area contributed by atoms with Crippen LogP contribution in [0.3, 0.4) is 0 Å². The summed E-state index contributed by atoms with van der Waals surface area (Å²) in [5.41, 5.74) is 2.96. The fourth-order valence-corrected chi connectivity index (χ4v) is 7.55. The molecule has 10 heteroatoms. The highest BCUT2D eigenvalue weighted by Gasteiger charge is 2.43. The number of hydrogen-bond donors (Lipinski definition) is 1. The normalized spacial score (nSPS) is 23.5. The number of aliphatic hydroxyl groups is 1. The second-order valence-electron chi connectivity index (χ2n) is 14.4. The van der Waals surface area contributed by atoms with E-state index in [0.29, 0.717) is 43.9 Å². The minimum absolute atomic E-state index is 0.160. The lowest BCUT2D eigenvalue weighted by molar-refractivity contribution is -0.0893. The average molecular weight is 644 g/mol. The van der Waals surface area contributed by atoms with Gasteiger partial charge >= 0.3 is 6.09 Å². The van der Waals surface area contributed by atoms with Gasteiger partial charge in [0.25, 0.3) is 5.91 Å². The Balaban J connectivity index is 1.30. The van der Waals surface area contributed by atoms with Gasteiger partial charge in [-0.25, -0.2) is 9.78 Å². The number of imidazole rings is 1. The molecule has 10 nitrogen and oxygen atoms in total. The summed E-state index contributed by atoms with van der Waals surface area (Å²) >= 11 is 0. The molecule has 1 N–H and O–H groups in total. The maximum atomic E-state index is 14.7. The van der Waals surface area contributed by atoms with Crippen LogP contribution in [0.1, 0.15) is 80.5 Å². The third-order valence-electron chi connectivity index (χ3n) is 9.81. The predicted octanol–water partition coefficient (Wildman–Crippen LogP) is 5.51. The minimum Gasteiger partial charge on any atom is -0.444 e. The average Bonchev–Trinajstić information content (AvgIpc) is 3.68. The van der Waals surface area contributed by atoms with Gasteiger partial charge in [-0.05, 0) is 51.2 Å². The third kappa shape index (κ3) is 7.24. The number of ether oxygens (including phenoxy) is 2. The molecule has 1 aliphatic carbocycles. The van der Waals surface area contributed by atoms with Gasteiger partial charge in [-0.1, -0.05) is 67.4 Å². The molecule has 47 heavy (non-hydrogen) atoms. The number of aromatic nitrogens is 2. The molecular weight excluding hydrogens is 594 g/mol. The number of carbonyl (C=O) groups is 2. The molecule has 6 rings (SSSR count). The van der Waals surface area contributed by atoms with Crippen LogP contribution in [0.2, 0.25) is 0 Å². The lowest BCUT2D eigenvalue weighted by Crippen LogP contribution is -2.57. The Morgan fingerprint density at radius 3 is 2.38 bits per heavy atom. The maximum absolute atomic E-state index is 14.7. The van der Waals surface area contributed by atoms with Crippen LogP contribution in [0.25, 0.3) is 11.3 Å². The van der Waals surface area contributed by atoms with Crippen molar-refractivity contribution in [2.24, 2.45) is 0 Å². The van der Waals surface area contributed by atoms with E-state index in [1.165, 1.54) is 11.1 Å². The molecule has 1 saturated carbocycles. The Hall–Kier alpha value is -3.73. The molecule has 252 valence electrons. The first-order valence-corrected chi connectivity index (χ1v) is 17.0. The molecule has 0 spiro atoms. The topological polar surface area (TPSA) is 100 Å². The van der Waals surface area contributed by atoms with Crippen molar-refractivity contribution in [1.29, 1.82) is 0 Å². The van der Waals surface area contributed by atoms with E-state index in [0.717, 1.165) is 44.5 Å². The molecular formula is C37H49N5O5. The number of amides is 2. The lowest BCUT2D eigenvalue weighted by Gasteiger charge is -2.42. The van der Waals surface area contributed by atoms with Crippen LogP contribution >= 0.6 is 0 Å². The molecule has 2 aromatic carbocycles.